The number of benzene rings is 5. The molecule has 0 amide bonds. The molecule has 1 saturated heterocycles. The molecule has 4 nitrogen and oxygen atoms in total. The number of ether oxygens (including phenoxy) is 2. The van der Waals surface area contributed by atoms with Crippen LogP contribution < -0.4 is 9.64 Å². The van der Waals surface area contributed by atoms with Crippen LogP contribution in [0.1, 0.15) is 74.0 Å². The Bertz CT molecular complexity index is 2810. The summed E-state index contributed by atoms with van der Waals surface area (Å²) in [5, 5.41) is 2.33. The van der Waals surface area contributed by atoms with E-state index in [1.54, 1.807) is 0 Å². The van der Waals surface area contributed by atoms with Gasteiger partial charge in [-0.25, -0.2) is 0 Å². The second-order valence-electron chi connectivity index (χ2n) is 17.1. The number of allylic oxidation sites excluding steroid dienone is 9. The molecule has 1 fully saturated rings. The van der Waals surface area contributed by atoms with Gasteiger partial charge in [0.05, 0.1) is 11.5 Å². The first-order chi connectivity index (χ1) is 29.2. The summed E-state index contributed by atoms with van der Waals surface area (Å²) in [5.74, 6) is 3.53. The highest BCUT2D eigenvalue weighted by molar-refractivity contribution is 6.05. The van der Waals surface area contributed by atoms with Crippen LogP contribution in [-0.4, -0.2) is 12.1 Å². The van der Waals surface area contributed by atoms with Gasteiger partial charge in [0.25, 0.3) is 0 Å². The fourth-order valence-corrected chi connectivity index (χ4v) is 11.3. The van der Waals surface area contributed by atoms with Crippen LogP contribution in [0.3, 0.4) is 0 Å². The molecular weight excluding hydrogens is 723 g/mol. The zero-order valence-electron chi connectivity index (χ0n) is 33.2. The SMILES string of the molecule is C1=CC(N(c2ccccc2)c2ccc(C3C=CC4=C(C3)Oc3ccccc3C43C4=CCCC=C4OC4C=C(c5ccc6oc7ccccc7c6c5)CCC43)cc2)CCC1. The summed E-state index contributed by atoms with van der Waals surface area (Å²) in [6.07, 6.45) is 25.2. The molecule has 2 aliphatic heterocycles. The highest BCUT2D eigenvalue weighted by Gasteiger charge is 2.58. The number of anilines is 2. The largest absolute Gasteiger partial charge is 0.486 e. The monoisotopic (exact) mass is 769 g/mol. The number of rotatable bonds is 5. The van der Waals surface area contributed by atoms with Crippen molar-refractivity contribution in [1.82, 2.24) is 0 Å². The van der Waals surface area contributed by atoms with Gasteiger partial charge in [-0.3, -0.25) is 0 Å². The van der Waals surface area contributed by atoms with Gasteiger partial charge in [-0.2, -0.15) is 0 Å². The van der Waals surface area contributed by atoms with Gasteiger partial charge < -0.3 is 18.8 Å². The Morgan fingerprint density at radius 3 is 2.41 bits per heavy atom. The third kappa shape index (κ3) is 5.56. The van der Waals surface area contributed by atoms with E-state index in [-0.39, 0.29) is 23.4 Å². The minimum absolute atomic E-state index is 0.0813. The molecule has 4 heteroatoms. The Hall–Kier alpha value is -6.26. The van der Waals surface area contributed by atoms with Crippen molar-refractivity contribution < 1.29 is 13.9 Å². The quantitative estimate of drug-likeness (QED) is 0.164. The van der Waals surface area contributed by atoms with E-state index in [1.165, 1.54) is 63.0 Å². The molecule has 0 N–H and O–H groups in total. The van der Waals surface area contributed by atoms with Gasteiger partial charge in [0.2, 0.25) is 0 Å². The Kier molecular flexibility index (Phi) is 8.21. The zero-order chi connectivity index (χ0) is 38.9. The summed E-state index contributed by atoms with van der Waals surface area (Å²) in [4.78, 5) is 2.51. The summed E-state index contributed by atoms with van der Waals surface area (Å²) < 4.78 is 20.3. The molecular formula is C55H47NO3. The first kappa shape index (κ1) is 34.8. The highest BCUT2D eigenvalue weighted by Crippen LogP contribution is 2.63. The maximum absolute atomic E-state index is 7.11. The summed E-state index contributed by atoms with van der Waals surface area (Å²) in [6.45, 7) is 0. The van der Waals surface area contributed by atoms with Crippen molar-refractivity contribution in [2.24, 2.45) is 5.92 Å². The van der Waals surface area contributed by atoms with Crippen molar-refractivity contribution in [2.45, 2.75) is 74.8 Å². The number of furan rings is 1. The first-order valence-electron chi connectivity index (χ1n) is 21.7. The molecule has 1 spiro atoms. The van der Waals surface area contributed by atoms with Crippen LogP contribution in [0.15, 0.2) is 191 Å². The Morgan fingerprint density at radius 1 is 0.695 bits per heavy atom. The lowest BCUT2D eigenvalue weighted by Gasteiger charge is -2.55. The van der Waals surface area contributed by atoms with Crippen molar-refractivity contribution in [3.05, 3.63) is 203 Å². The van der Waals surface area contributed by atoms with Gasteiger partial charge in [-0.1, -0.05) is 103 Å². The maximum Gasteiger partial charge on any atom is 0.135 e. The van der Waals surface area contributed by atoms with Crippen LogP contribution in [0, 0.1) is 5.92 Å². The third-order valence-electron chi connectivity index (χ3n) is 14.0. The number of nitrogens with zero attached hydrogens (tertiary/aromatic N) is 1. The standard InChI is InChI=1S/C55H47NO3/c1-3-13-40(14-4-1)56(41-15-5-2-6-16-41)42-28-23-36(24-29-42)38-25-30-47-53(34-38)58-51-21-11-8-18-45(51)55(47)46-19-9-12-22-52(46)59-54-35-39(26-31-48(54)55)37-27-32-50-44(33-37)43-17-7-10-20-49(43)57-50/h1,3-5,7-8,10-11,13-15,17-25,27-30,32-33,35,38,41,48,54H,2,6,9,12,16,26,31,34H2. The van der Waals surface area contributed by atoms with Crippen LogP contribution >= 0.6 is 0 Å². The van der Waals surface area contributed by atoms with Gasteiger partial charge >= 0.3 is 0 Å². The summed E-state index contributed by atoms with van der Waals surface area (Å²) >= 11 is 0. The van der Waals surface area contributed by atoms with Crippen molar-refractivity contribution in [3.63, 3.8) is 0 Å². The van der Waals surface area contributed by atoms with Gasteiger partial charge in [0, 0.05) is 57.1 Å². The molecule has 6 aromatic rings. The lowest BCUT2D eigenvalue weighted by molar-refractivity contribution is 0.0343. The first-order valence-corrected chi connectivity index (χ1v) is 21.7. The molecule has 5 atom stereocenters. The summed E-state index contributed by atoms with van der Waals surface area (Å²) in [7, 11) is 0. The molecule has 4 aliphatic carbocycles. The molecule has 290 valence electrons. The van der Waals surface area contributed by atoms with Crippen LogP contribution in [0.4, 0.5) is 11.4 Å². The van der Waals surface area contributed by atoms with Crippen LogP contribution in [0.5, 0.6) is 5.75 Å². The molecule has 0 radical (unpaired) electrons. The topological polar surface area (TPSA) is 34.8 Å². The van der Waals surface area contributed by atoms with E-state index in [0.29, 0.717) is 6.04 Å². The molecule has 5 unspecified atom stereocenters. The van der Waals surface area contributed by atoms with E-state index in [0.717, 1.165) is 72.3 Å². The van der Waals surface area contributed by atoms with E-state index < -0.39 is 0 Å². The fraction of sp³-hybridized carbons (Fsp3) is 0.236. The molecule has 0 bridgehead atoms. The van der Waals surface area contributed by atoms with E-state index in [2.05, 4.69) is 163 Å². The van der Waals surface area contributed by atoms with Crippen molar-refractivity contribution in [3.8, 4) is 5.75 Å². The minimum atomic E-state index is -0.374. The van der Waals surface area contributed by atoms with E-state index >= 15 is 0 Å². The maximum atomic E-state index is 7.11. The van der Waals surface area contributed by atoms with Gasteiger partial charge in [0.1, 0.15) is 34.5 Å². The van der Waals surface area contributed by atoms with Gasteiger partial charge in [0.15, 0.2) is 0 Å². The predicted octanol–water partition coefficient (Wildman–Crippen LogP) is 14.0. The lowest BCUT2D eigenvalue weighted by atomic mass is 9.53. The van der Waals surface area contributed by atoms with Gasteiger partial charge in [-0.05, 0) is 122 Å². The summed E-state index contributed by atoms with van der Waals surface area (Å²) in [5.41, 5.74) is 11.8. The molecule has 3 heterocycles. The molecule has 5 aromatic carbocycles. The molecule has 12 rings (SSSR count). The average molecular weight is 770 g/mol. The molecule has 6 aliphatic rings. The average Bonchev–Trinajstić information content (AvgIpc) is 3.68. The Morgan fingerprint density at radius 2 is 1.51 bits per heavy atom. The van der Waals surface area contributed by atoms with Crippen molar-refractivity contribution in [2.75, 3.05) is 4.90 Å². The second kappa shape index (κ2) is 13.9. The van der Waals surface area contributed by atoms with Crippen molar-refractivity contribution in [1.29, 1.82) is 0 Å². The number of fused-ring (bicyclic) bond motifs is 10. The fourth-order valence-electron chi connectivity index (χ4n) is 11.3. The van der Waals surface area contributed by atoms with Crippen LogP contribution in [-0.2, 0) is 10.2 Å². The number of hydrogen-bond donors (Lipinski definition) is 0. The predicted molar refractivity (Wildman–Crippen MR) is 239 cm³/mol. The van der Waals surface area contributed by atoms with Crippen LogP contribution in [0.25, 0.3) is 27.5 Å². The Labute approximate surface area is 346 Å². The normalized spacial score (nSPS) is 25.5. The zero-order valence-corrected chi connectivity index (χ0v) is 33.2. The number of hydrogen-bond acceptors (Lipinski definition) is 4. The summed E-state index contributed by atoms with van der Waals surface area (Å²) in [6, 6.07) is 44.4. The third-order valence-corrected chi connectivity index (χ3v) is 14.0. The number of para-hydroxylation sites is 3. The Balaban J connectivity index is 0.917. The van der Waals surface area contributed by atoms with Crippen LogP contribution in [0.2, 0.25) is 0 Å². The molecule has 0 saturated carbocycles. The van der Waals surface area contributed by atoms with E-state index in [9.17, 15) is 0 Å². The lowest BCUT2D eigenvalue weighted by Crippen LogP contribution is -2.52. The second-order valence-corrected chi connectivity index (χ2v) is 17.1. The minimum Gasteiger partial charge on any atom is -0.486 e. The van der Waals surface area contributed by atoms with E-state index in [1.807, 2.05) is 6.07 Å². The molecule has 59 heavy (non-hydrogen) atoms. The van der Waals surface area contributed by atoms with Gasteiger partial charge in [-0.15, -0.1) is 0 Å². The van der Waals surface area contributed by atoms with Crippen molar-refractivity contribution >= 4 is 38.9 Å². The smallest absolute Gasteiger partial charge is 0.135 e. The highest BCUT2D eigenvalue weighted by atomic mass is 16.5. The van der Waals surface area contributed by atoms with E-state index in [4.69, 9.17) is 13.9 Å². The molecule has 1 aromatic heterocycles.